The molecule has 1 fully saturated rings. The first-order valence-corrected chi connectivity index (χ1v) is 10.9. The number of anilines is 2. The molecule has 4 aromatic rings. The number of nitrogens with zero attached hydrogens (tertiary/aromatic N) is 6. The number of aromatic nitrogens is 4. The molecular formula is C20H20ClN7OS. The van der Waals surface area contributed by atoms with Crippen LogP contribution in [0.5, 0.6) is 0 Å². The summed E-state index contributed by atoms with van der Waals surface area (Å²) in [7, 11) is 0. The maximum Gasteiger partial charge on any atom is 0.321 e. The van der Waals surface area contributed by atoms with E-state index in [4.69, 9.17) is 16.6 Å². The van der Waals surface area contributed by atoms with Crippen molar-refractivity contribution >= 4 is 56.5 Å². The fourth-order valence-electron chi connectivity index (χ4n) is 3.70. The van der Waals surface area contributed by atoms with Gasteiger partial charge < -0.3 is 15.1 Å². The number of fused-ring (bicyclic) bond motifs is 3. The molecule has 154 valence electrons. The van der Waals surface area contributed by atoms with Crippen LogP contribution in [0.3, 0.4) is 0 Å². The van der Waals surface area contributed by atoms with Crippen molar-refractivity contribution < 1.29 is 4.79 Å². The van der Waals surface area contributed by atoms with Gasteiger partial charge in [-0.05, 0) is 43.7 Å². The number of hydrogen-bond acceptors (Lipinski definition) is 6. The number of benzene rings is 1. The maximum atomic E-state index is 12.6. The van der Waals surface area contributed by atoms with Crippen LogP contribution >= 0.6 is 22.9 Å². The van der Waals surface area contributed by atoms with Crippen molar-refractivity contribution in [1.29, 1.82) is 0 Å². The van der Waals surface area contributed by atoms with Crippen LogP contribution in [0.4, 0.5) is 16.4 Å². The van der Waals surface area contributed by atoms with Crippen LogP contribution in [-0.4, -0.2) is 56.7 Å². The Morgan fingerprint density at radius 2 is 1.87 bits per heavy atom. The van der Waals surface area contributed by atoms with Gasteiger partial charge in [-0.2, -0.15) is 9.61 Å². The summed E-state index contributed by atoms with van der Waals surface area (Å²) in [5.74, 6) is 0.772. The Labute approximate surface area is 182 Å². The monoisotopic (exact) mass is 441 g/mol. The normalized spacial score (nSPS) is 14.6. The lowest BCUT2D eigenvalue weighted by Gasteiger charge is -2.35. The van der Waals surface area contributed by atoms with Gasteiger partial charge in [-0.3, -0.25) is 0 Å². The number of piperazine rings is 1. The summed E-state index contributed by atoms with van der Waals surface area (Å²) in [5, 5.41) is 9.04. The van der Waals surface area contributed by atoms with Gasteiger partial charge >= 0.3 is 6.03 Å². The first-order valence-electron chi connectivity index (χ1n) is 9.67. The van der Waals surface area contributed by atoms with Gasteiger partial charge in [0.2, 0.25) is 5.95 Å². The zero-order chi connectivity index (χ0) is 20.8. The summed E-state index contributed by atoms with van der Waals surface area (Å²) in [6, 6.07) is 6.99. The molecule has 4 heterocycles. The molecule has 1 N–H and O–H groups in total. The summed E-state index contributed by atoms with van der Waals surface area (Å²) in [5.41, 5.74) is 2.77. The van der Waals surface area contributed by atoms with E-state index < -0.39 is 0 Å². The summed E-state index contributed by atoms with van der Waals surface area (Å²) in [4.78, 5) is 28.2. The number of carbonyl (C=O) groups is 1. The van der Waals surface area contributed by atoms with Crippen molar-refractivity contribution in [3.05, 3.63) is 46.1 Å². The molecular weight excluding hydrogens is 422 g/mol. The molecule has 1 aliphatic rings. The van der Waals surface area contributed by atoms with Gasteiger partial charge in [0, 0.05) is 41.8 Å². The molecule has 1 aromatic carbocycles. The first kappa shape index (κ1) is 19.1. The van der Waals surface area contributed by atoms with Crippen LogP contribution in [-0.2, 0) is 0 Å². The zero-order valence-corrected chi connectivity index (χ0v) is 18.2. The molecule has 1 saturated heterocycles. The van der Waals surface area contributed by atoms with Gasteiger partial charge in [-0.1, -0.05) is 11.6 Å². The Morgan fingerprint density at radius 1 is 1.13 bits per heavy atom. The Balaban J connectivity index is 1.35. The molecule has 0 atom stereocenters. The molecule has 5 rings (SSSR count). The number of nitrogens with one attached hydrogen (secondary N) is 1. The molecule has 8 nitrogen and oxygen atoms in total. The van der Waals surface area contributed by atoms with Crippen LogP contribution in [0.15, 0.2) is 30.6 Å². The lowest BCUT2D eigenvalue weighted by atomic mass is 10.2. The van der Waals surface area contributed by atoms with Crippen LogP contribution < -0.4 is 10.2 Å². The number of rotatable bonds is 2. The van der Waals surface area contributed by atoms with E-state index in [1.165, 1.54) is 10.4 Å². The summed E-state index contributed by atoms with van der Waals surface area (Å²) in [6.45, 7) is 6.74. The molecule has 30 heavy (non-hydrogen) atoms. The number of carbonyl (C=O) groups excluding carboxylic acids is 1. The van der Waals surface area contributed by atoms with E-state index in [0.717, 1.165) is 27.5 Å². The Bertz CT molecular complexity index is 1240. The van der Waals surface area contributed by atoms with E-state index in [9.17, 15) is 4.79 Å². The Kier molecular flexibility index (Phi) is 4.71. The van der Waals surface area contributed by atoms with Gasteiger partial charge in [0.15, 0.2) is 5.65 Å². The van der Waals surface area contributed by atoms with Crippen LogP contribution in [0.1, 0.15) is 10.4 Å². The number of halogens is 1. The predicted molar refractivity (Wildman–Crippen MR) is 120 cm³/mol. The Morgan fingerprint density at radius 3 is 2.60 bits per heavy atom. The van der Waals surface area contributed by atoms with Gasteiger partial charge in [0.05, 0.1) is 5.39 Å². The molecule has 2 amide bonds. The van der Waals surface area contributed by atoms with E-state index in [1.807, 2.05) is 9.42 Å². The molecule has 1 aliphatic heterocycles. The van der Waals surface area contributed by atoms with Crippen molar-refractivity contribution in [3.8, 4) is 0 Å². The van der Waals surface area contributed by atoms with Crippen LogP contribution in [0, 0.1) is 13.8 Å². The second-order valence-electron chi connectivity index (χ2n) is 7.28. The fourth-order valence-corrected chi connectivity index (χ4v) is 4.84. The average Bonchev–Trinajstić information content (AvgIpc) is 3.34. The van der Waals surface area contributed by atoms with Crippen molar-refractivity contribution in [1.82, 2.24) is 24.5 Å². The molecule has 3 aromatic heterocycles. The summed E-state index contributed by atoms with van der Waals surface area (Å²) in [6.07, 6.45) is 1.57. The standard InChI is InChI=1S/C20H20ClN7OS/c1-12-13(2)30-18-16(12)17-22-11-23-28(17)19(25-18)26-7-9-27(10-8-26)20(29)24-15-5-3-14(21)4-6-15/h3-6,11H,7-10H2,1-2H3,(H,24,29). The SMILES string of the molecule is Cc1sc2nc(N3CCN(C(=O)Nc4ccc(Cl)cc4)CC3)n3ncnc3c2c1C. The quantitative estimate of drug-likeness (QED) is 0.509. The predicted octanol–water partition coefficient (Wildman–Crippen LogP) is 3.96. The third-order valence-corrected chi connectivity index (χ3v) is 6.83. The molecule has 0 spiro atoms. The summed E-state index contributed by atoms with van der Waals surface area (Å²) >= 11 is 7.59. The highest BCUT2D eigenvalue weighted by Gasteiger charge is 2.25. The lowest BCUT2D eigenvalue weighted by molar-refractivity contribution is 0.208. The minimum Gasteiger partial charge on any atom is -0.337 e. The maximum absolute atomic E-state index is 12.6. The summed E-state index contributed by atoms with van der Waals surface area (Å²) < 4.78 is 1.81. The lowest BCUT2D eigenvalue weighted by Crippen LogP contribution is -2.50. The highest BCUT2D eigenvalue weighted by Crippen LogP contribution is 2.33. The fraction of sp³-hybridized carbons (Fsp3) is 0.300. The van der Waals surface area contributed by atoms with Gasteiger partial charge in [0.1, 0.15) is 11.2 Å². The largest absolute Gasteiger partial charge is 0.337 e. The first-order chi connectivity index (χ1) is 14.5. The smallest absolute Gasteiger partial charge is 0.321 e. The topological polar surface area (TPSA) is 78.7 Å². The molecule has 0 saturated carbocycles. The highest BCUT2D eigenvalue weighted by molar-refractivity contribution is 7.18. The molecule has 10 heteroatoms. The van der Waals surface area contributed by atoms with E-state index in [0.29, 0.717) is 31.2 Å². The molecule has 0 bridgehead atoms. The van der Waals surface area contributed by atoms with Crippen molar-refractivity contribution in [3.63, 3.8) is 0 Å². The minimum atomic E-state index is -0.115. The third kappa shape index (κ3) is 3.23. The van der Waals surface area contributed by atoms with E-state index in [1.54, 1.807) is 41.9 Å². The number of hydrogen-bond donors (Lipinski definition) is 1. The second kappa shape index (κ2) is 7.41. The zero-order valence-electron chi connectivity index (χ0n) is 16.6. The van der Waals surface area contributed by atoms with Crippen LogP contribution in [0.2, 0.25) is 5.02 Å². The number of amides is 2. The number of urea groups is 1. The van der Waals surface area contributed by atoms with Gasteiger partial charge in [0.25, 0.3) is 0 Å². The highest BCUT2D eigenvalue weighted by atomic mass is 35.5. The van der Waals surface area contributed by atoms with Crippen molar-refractivity contribution in [2.45, 2.75) is 13.8 Å². The third-order valence-electron chi connectivity index (χ3n) is 5.47. The number of thiophene rings is 1. The van der Waals surface area contributed by atoms with Crippen LogP contribution in [0.25, 0.3) is 15.9 Å². The molecule has 0 aliphatic carbocycles. The second-order valence-corrected chi connectivity index (χ2v) is 8.92. The van der Waals surface area contributed by atoms with E-state index in [-0.39, 0.29) is 6.03 Å². The molecule has 0 unspecified atom stereocenters. The van der Waals surface area contributed by atoms with Gasteiger partial charge in [-0.15, -0.1) is 11.3 Å². The van der Waals surface area contributed by atoms with E-state index >= 15 is 0 Å². The van der Waals surface area contributed by atoms with E-state index in [2.05, 4.69) is 34.1 Å². The Hall–Kier alpha value is -2.91. The molecule has 0 radical (unpaired) electrons. The van der Waals surface area contributed by atoms with Crippen molar-refractivity contribution in [2.24, 2.45) is 0 Å². The van der Waals surface area contributed by atoms with Gasteiger partial charge in [-0.25, -0.2) is 14.8 Å². The minimum absolute atomic E-state index is 0.115. The average molecular weight is 442 g/mol. The van der Waals surface area contributed by atoms with Crippen molar-refractivity contribution in [2.75, 3.05) is 36.4 Å². The number of aryl methyl sites for hydroxylation is 2.